The van der Waals surface area contributed by atoms with Crippen LogP contribution < -0.4 is 5.32 Å². The van der Waals surface area contributed by atoms with Crippen LogP contribution in [0.3, 0.4) is 0 Å². The Balaban J connectivity index is 1.97. The van der Waals surface area contributed by atoms with Gasteiger partial charge < -0.3 is 19.9 Å². The fourth-order valence-corrected chi connectivity index (χ4v) is 2.84. The van der Waals surface area contributed by atoms with E-state index in [1.807, 2.05) is 0 Å². The van der Waals surface area contributed by atoms with E-state index in [0.29, 0.717) is 43.5 Å². The predicted octanol–water partition coefficient (Wildman–Crippen LogP) is 2.61. The van der Waals surface area contributed by atoms with Crippen molar-refractivity contribution in [1.29, 1.82) is 0 Å². The van der Waals surface area contributed by atoms with Crippen molar-refractivity contribution < 1.29 is 19.1 Å². The van der Waals surface area contributed by atoms with E-state index >= 15 is 0 Å². The first-order chi connectivity index (χ1) is 12.3. The van der Waals surface area contributed by atoms with E-state index in [-0.39, 0.29) is 12.0 Å². The predicted molar refractivity (Wildman–Crippen MR) is 99.0 cm³/mol. The number of benzene rings is 1. The Labute approximate surface area is 158 Å². The molecule has 1 fully saturated rings. The standard InChI is InChI=1S/C18H24ClN3O4/c1-4-26-17(25)22-10-8-21(9-11-22)16(24)18(2,3)15(23)20-14-7-5-6-13(19)12-14/h5-7,12H,4,8-11H2,1-3H3,(H,20,23). The Hall–Kier alpha value is -2.28. The second-order valence-electron chi connectivity index (χ2n) is 6.57. The molecule has 1 aromatic rings. The van der Waals surface area contributed by atoms with E-state index in [1.165, 1.54) is 0 Å². The van der Waals surface area contributed by atoms with E-state index in [0.717, 1.165) is 0 Å². The minimum atomic E-state index is -1.24. The third kappa shape index (κ3) is 4.66. The van der Waals surface area contributed by atoms with Gasteiger partial charge in [0.05, 0.1) is 6.61 Å². The number of nitrogens with zero attached hydrogens (tertiary/aromatic N) is 2. The van der Waals surface area contributed by atoms with Gasteiger partial charge in [0.1, 0.15) is 5.41 Å². The third-order valence-corrected chi connectivity index (χ3v) is 4.51. The number of nitrogens with one attached hydrogen (secondary N) is 1. The minimum absolute atomic E-state index is 0.277. The maximum absolute atomic E-state index is 12.8. The van der Waals surface area contributed by atoms with Crippen LogP contribution >= 0.6 is 11.6 Å². The number of ether oxygens (including phenoxy) is 1. The molecule has 0 atom stereocenters. The molecular weight excluding hydrogens is 358 g/mol. The highest BCUT2D eigenvalue weighted by Crippen LogP contribution is 2.24. The second-order valence-corrected chi connectivity index (χ2v) is 7.00. The molecule has 1 saturated heterocycles. The zero-order chi connectivity index (χ0) is 19.3. The summed E-state index contributed by atoms with van der Waals surface area (Å²) < 4.78 is 4.97. The average Bonchev–Trinajstić information content (AvgIpc) is 2.61. The first-order valence-electron chi connectivity index (χ1n) is 8.53. The molecule has 26 heavy (non-hydrogen) atoms. The number of halogens is 1. The fraction of sp³-hybridized carbons (Fsp3) is 0.500. The topological polar surface area (TPSA) is 79.0 Å². The average molecular weight is 382 g/mol. The van der Waals surface area contributed by atoms with Crippen LogP contribution in [0.25, 0.3) is 0 Å². The third-order valence-electron chi connectivity index (χ3n) is 4.28. The first kappa shape index (κ1) is 20.0. The molecule has 0 aromatic heterocycles. The summed E-state index contributed by atoms with van der Waals surface area (Å²) in [6.07, 6.45) is -0.377. The highest BCUT2D eigenvalue weighted by atomic mass is 35.5. The number of anilines is 1. The lowest BCUT2D eigenvalue weighted by Crippen LogP contribution is -2.55. The van der Waals surface area contributed by atoms with Gasteiger partial charge in [0.2, 0.25) is 11.8 Å². The molecule has 8 heteroatoms. The Morgan fingerprint density at radius 2 is 1.77 bits per heavy atom. The monoisotopic (exact) mass is 381 g/mol. The molecule has 0 aliphatic carbocycles. The lowest BCUT2D eigenvalue weighted by molar-refractivity contribution is -0.147. The molecule has 142 valence electrons. The smallest absolute Gasteiger partial charge is 0.409 e. The number of rotatable bonds is 4. The van der Waals surface area contributed by atoms with Crippen molar-refractivity contribution >= 4 is 35.2 Å². The normalized spacial score (nSPS) is 14.8. The van der Waals surface area contributed by atoms with Gasteiger partial charge >= 0.3 is 6.09 Å². The molecule has 1 N–H and O–H groups in total. The van der Waals surface area contributed by atoms with Crippen molar-refractivity contribution in [3.8, 4) is 0 Å². The minimum Gasteiger partial charge on any atom is -0.450 e. The number of hydrogen-bond donors (Lipinski definition) is 1. The first-order valence-corrected chi connectivity index (χ1v) is 8.91. The SMILES string of the molecule is CCOC(=O)N1CCN(C(=O)C(C)(C)C(=O)Nc2cccc(Cl)c2)CC1. The Morgan fingerprint density at radius 3 is 2.35 bits per heavy atom. The van der Waals surface area contributed by atoms with E-state index in [4.69, 9.17) is 16.3 Å². The van der Waals surface area contributed by atoms with E-state index in [1.54, 1.807) is 54.8 Å². The largest absolute Gasteiger partial charge is 0.450 e. The zero-order valence-corrected chi connectivity index (χ0v) is 16.0. The number of carbonyl (C=O) groups is 3. The second kappa shape index (κ2) is 8.40. The van der Waals surface area contributed by atoms with Crippen LogP contribution in [0.5, 0.6) is 0 Å². The molecule has 0 saturated carbocycles. The van der Waals surface area contributed by atoms with Crippen molar-refractivity contribution in [1.82, 2.24) is 9.80 Å². The molecule has 0 bridgehead atoms. The van der Waals surface area contributed by atoms with E-state index in [2.05, 4.69) is 5.32 Å². The van der Waals surface area contributed by atoms with Gasteiger partial charge in [0.25, 0.3) is 0 Å². The highest BCUT2D eigenvalue weighted by Gasteiger charge is 2.40. The summed E-state index contributed by atoms with van der Waals surface area (Å²) in [4.78, 5) is 40.3. The molecule has 0 radical (unpaired) electrons. The van der Waals surface area contributed by atoms with Gasteiger partial charge in [0, 0.05) is 36.9 Å². The molecule has 7 nitrogen and oxygen atoms in total. The quantitative estimate of drug-likeness (QED) is 0.813. The van der Waals surface area contributed by atoms with Crippen molar-refractivity contribution in [3.63, 3.8) is 0 Å². The number of piperazine rings is 1. The number of amides is 3. The van der Waals surface area contributed by atoms with Crippen LogP contribution in [0.15, 0.2) is 24.3 Å². The zero-order valence-electron chi connectivity index (χ0n) is 15.3. The highest BCUT2D eigenvalue weighted by molar-refractivity contribution is 6.31. The van der Waals surface area contributed by atoms with Gasteiger partial charge in [0.15, 0.2) is 0 Å². The maximum Gasteiger partial charge on any atom is 0.409 e. The van der Waals surface area contributed by atoms with Gasteiger partial charge in [-0.1, -0.05) is 17.7 Å². The molecule has 1 aliphatic heterocycles. The van der Waals surface area contributed by atoms with Crippen molar-refractivity contribution in [2.24, 2.45) is 5.41 Å². The molecule has 1 aliphatic rings. The number of carbonyl (C=O) groups excluding carboxylic acids is 3. The fourth-order valence-electron chi connectivity index (χ4n) is 2.65. The van der Waals surface area contributed by atoms with Crippen molar-refractivity contribution in [2.45, 2.75) is 20.8 Å². The van der Waals surface area contributed by atoms with E-state index in [9.17, 15) is 14.4 Å². The summed E-state index contributed by atoms with van der Waals surface area (Å²) in [7, 11) is 0. The van der Waals surface area contributed by atoms with Crippen LogP contribution in [0.4, 0.5) is 10.5 Å². The summed E-state index contributed by atoms with van der Waals surface area (Å²) in [6.45, 7) is 6.75. The Bertz CT molecular complexity index is 685. The van der Waals surface area contributed by atoms with Gasteiger partial charge in [-0.15, -0.1) is 0 Å². The summed E-state index contributed by atoms with van der Waals surface area (Å²) in [5.74, 6) is -0.682. The molecule has 1 heterocycles. The van der Waals surface area contributed by atoms with Crippen molar-refractivity contribution in [3.05, 3.63) is 29.3 Å². The molecule has 1 aromatic carbocycles. The van der Waals surface area contributed by atoms with Crippen molar-refractivity contribution in [2.75, 3.05) is 38.1 Å². The molecule has 3 amide bonds. The van der Waals surface area contributed by atoms with Crippen LogP contribution in [0.1, 0.15) is 20.8 Å². The van der Waals surface area contributed by atoms with Crippen LogP contribution in [0.2, 0.25) is 5.02 Å². The van der Waals surface area contributed by atoms with Gasteiger partial charge in [-0.3, -0.25) is 9.59 Å². The molecule has 0 unspecified atom stereocenters. The summed E-state index contributed by atoms with van der Waals surface area (Å²) in [6, 6.07) is 6.76. The van der Waals surface area contributed by atoms with E-state index < -0.39 is 11.3 Å². The summed E-state index contributed by atoms with van der Waals surface area (Å²) in [5.41, 5.74) is -0.704. The van der Waals surface area contributed by atoms with Crippen LogP contribution in [-0.2, 0) is 14.3 Å². The molecule has 0 spiro atoms. The number of hydrogen-bond acceptors (Lipinski definition) is 4. The lowest BCUT2D eigenvalue weighted by atomic mass is 9.89. The van der Waals surface area contributed by atoms with Crippen LogP contribution in [0, 0.1) is 5.41 Å². The Kier molecular flexibility index (Phi) is 6.47. The van der Waals surface area contributed by atoms with Gasteiger partial charge in [-0.05, 0) is 39.0 Å². The molecule has 2 rings (SSSR count). The molecular formula is C18H24ClN3O4. The Morgan fingerprint density at radius 1 is 1.15 bits per heavy atom. The van der Waals surface area contributed by atoms with Gasteiger partial charge in [-0.25, -0.2) is 4.79 Å². The summed E-state index contributed by atoms with van der Waals surface area (Å²) >= 11 is 5.92. The maximum atomic E-state index is 12.8. The van der Waals surface area contributed by atoms with Crippen LogP contribution in [-0.4, -0.2) is 60.5 Å². The lowest BCUT2D eigenvalue weighted by Gasteiger charge is -2.37. The summed E-state index contributed by atoms with van der Waals surface area (Å²) in [5, 5.41) is 3.23. The van der Waals surface area contributed by atoms with Gasteiger partial charge in [-0.2, -0.15) is 0 Å².